The Morgan fingerprint density at radius 3 is 2.77 bits per heavy atom. The van der Waals surface area contributed by atoms with Crippen LogP contribution in [0.3, 0.4) is 0 Å². The maximum Gasteiger partial charge on any atom is 0.249 e. The molecule has 0 saturated heterocycles. The van der Waals surface area contributed by atoms with Gasteiger partial charge in [-0.05, 0) is 37.5 Å². The first-order valence-electron chi connectivity index (χ1n) is 7.70. The number of benzene rings is 1. The van der Waals surface area contributed by atoms with Crippen molar-refractivity contribution in [3.05, 3.63) is 35.0 Å². The summed E-state index contributed by atoms with van der Waals surface area (Å²) in [4.78, 5) is 4.48. The second-order valence-corrected chi connectivity index (χ2v) is 6.14. The molecule has 0 atom stereocenters. The van der Waals surface area contributed by atoms with Crippen molar-refractivity contribution in [2.24, 2.45) is 0 Å². The normalized spacial score (nSPS) is 15.5. The Kier molecular flexibility index (Phi) is 4.73. The predicted octanol–water partition coefficient (Wildman–Crippen LogP) is 4.32. The van der Waals surface area contributed by atoms with E-state index in [1.807, 2.05) is 25.1 Å². The van der Waals surface area contributed by atoms with Gasteiger partial charge < -0.3 is 10.6 Å². The van der Waals surface area contributed by atoms with Gasteiger partial charge in [0.15, 0.2) is 5.82 Å². The van der Waals surface area contributed by atoms with Gasteiger partial charge in [-0.2, -0.15) is 10.1 Å². The summed E-state index contributed by atoms with van der Waals surface area (Å²) in [6.45, 7) is 1.97. The smallest absolute Gasteiger partial charge is 0.249 e. The minimum absolute atomic E-state index is 0.473. The van der Waals surface area contributed by atoms with E-state index >= 15 is 0 Å². The summed E-state index contributed by atoms with van der Waals surface area (Å²) < 4.78 is 0. The molecular weight excluding hydrogens is 298 g/mol. The van der Waals surface area contributed by atoms with Gasteiger partial charge in [0, 0.05) is 16.8 Å². The summed E-state index contributed by atoms with van der Waals surface area (Å²) in [5.41, 5.74) is 1.89. The summed E-state index contributed by atoms with van der Waals surface area (Å²) >= 11 is 6.13. The lowest BCUT2D eigenvalue weighted by atomic mass is 9.96. The molecule has 0 unspecified atom stereocenters. The predicted molar refractivity (Wildman–Crippen MR) is 89.8 cm³/mol. The average molecular weight is 318 g/mol. The summed E-state index contributed by atoms with van der Waals surface area (Å²) in [5.74, 6) is 1.24. The van der Waals surface area contributed by atoms with Crippen molar-refractivity contribution in [1.82, 2.24) is 15.2 Å². The van der Waals surface area contributed by atoms with Crippen LogP contribution in [0.5, 0.6) is 0 Å². The first kappa shape index (κ1) is 15.0. The first-order chi connectivity index (χ1) is 10.7. The maximum atomic E-state index is 6.13. The Morgan fingerprint density at radius 2 is 2.00 bits per heavy atom. The molecule has 1 saturated carbocycles. The Labute approximate surface area is 135 Å². The molecule has 5 nitrogen and oxygen atoms in total. The van der Waals surface area contributed by atoms with Crippen LogP contribution in [0.15, 0.2) is 24.4 Å². The molecule has 1 aliphatic carbocycles. The lowest BCUT2D eigenvalue weighted by molar-refractivity contribution is 0.461. The number of nitrogens with one attached hydrogen (secondary N) is 2. The molecule has 1 fully saturated rings. The molecule has 6 heteroatoms. The zero-order valence-electron chi connectivity index (χ0n) is 12.6. The van der Waals surface area contributed by atoms with E-state index in [1.54, 1.807) is 6.20 Å². The third-order valence-electron chi connectivity index (χ3n) is 3.94. The number of anilines is 3. The van der Waals surface area contributed by atoms with Gasteiger partial charge in [0.1, 0.15) is 0 Å². The summed E-state index contributed by atoms with van der Waals surface area (Å²) in [7, 11) is 0. The van der Waals surface area contributed by atoms with Gasteiger partial charge in [-0.1, -0.05) is 36.9 Å². The van der Waals surface area contributed by atoms with Crippen LogP contribution < -0.4 is 10.6 Å². The molecule has 1 heterocycles. The fraction of sp³-hybridized carbons (Fsp3) is 0.438. The van der Waals surface area contributed by atoms with Gasteiger partial charge in [0.25, 0.3) is 0 Å². The van der Waals surface area contributed by atoms with E-state index in [0.29, 0.717) is 12.0 Å². The second-order valence-electron chi connectivity index (χ2n) is 5.73. The van der Waals surface area contributed by atoms with Crippen molar-refractivity contribution in [1.29, 1.82) is 0 Å². The van der Waals surface area contributed by atoms with Crippen LogP contribution in [0, 0.1) is 6.92 Å². The molecular formula is C16H20ClN5. The average Bonchev–Trinajstić information content (AvgIpc) is 2.52. The van der Waals surface area contributed by atoms with Gasteiger partial charge >= 0.3 is 0 Å². The molecule has 0 spiro atoms. The van der Waals surface area contributed by atoms with Crippen molar-refractivity contribution in [2.45, 2.75) is 45.1 Å². The van der Waals surface area contributed by atoms with E-state index in [-0.39, 0.29) is 0 Å². The van der Waals surface area contributed by atoms with Crippen molar-refractivity contribution >= 4 is 29.1 Å². The summed E-state index contributed by atoms with van der Waals surface area (Å²) in [5, 5.41) is 15.3. The summed E-state index contributed by atoms with van der Waals surface area (Å²) in [6, 6.07) is 6.27. The molecule has 1 aliphatic rings. The maximum absolute atomic E-state index is 6.13. The second kappa shape index (κ2) is 6.92. The molecule has 3 rings (SSSR count). The largest absolute Gasteiger partial charge is 0.366 e. The van der Waals surface area contributed by atoms with Crippen molar-refractivity contribution in [2.75, 3.05) is 10.6 Å². The van der Waals surface area contributed by atoms with Crippen LogP contribution in [0.4, 0.5) is 17.5 Å². The van der Waals surface area contributed by atoms with E-state index in [4.69, 9.17) is 11.6 Å². The molecule has 116 valence electrons. The van der Waals surface area contributed by atoms with Gasteiger partial charge in [0.2, 0.25) is 5.95 Å². The lowest BCUT2D eigenvalue weighted by Crippen LogP contribution is -2.23. The fourth-order valence-electron chi connectivity index (χ4n) is 2.68. The topological polar surface area (TPSA) is 62.7 Å². The number of hydrogen-bond acceptors (Lipinski definition) is 5. The molecule has 1 aromatic carbocycles. The zero-order valence-corrected chi connectivity index (χ0v) is 13.4. The Hall–Kier alpha value is -1.88. The molecule has 0 bridgehead atoms. The molecule has 0 radical (unpaired) electrons. The number of aryl methyl sites for hydroxylation is 1. The third-order valence-corrected chi connectivity index (χ3v) is 4.35. The first-order valence-corrected chi connectivity index (χ1v) is 8.08. The Bertz CT molecular complexity index is 640. The van der Waals surface area contributed by atoms with E-state index in [1.165, 1.54) is 32.1 Å². The zero-order chi connectivity index (χ0) is 15.4. The van der Waals surface area contributed by atoms with Crippen LogP contribution in [0.25, 0.3) is 0 Å². The van der Waals surface area contributed by atoms with Crippen molar-refractivity contribution in [3.8, 4) is 0 Å². The Morgan fingerprint density at radius 1 is 1.18 bits per heavy atom. The molecule has 2 aromatic rings. The van der Waals surface area contributed by atoms with Crippen LogP contribution in [-0.4, -0.2) is 21.2 Å². The Balaban J connectivity index is 1.68. The highest BCUT2D eigenvalue weighted by Gasteiger charge is 2.14. The number of hydrogen-bond donors (Lipinski definition) is 2. The van der Waals surface area contributed by atoms with Gasteiger partial charge in [-0.15, -0.1) is 5.10 Å². The van der Waals surface area contributed by atoms with E-state index in [9.17, 15) is 0 Å². The minimum atomic E-state index is 0.473. The van der Waals surface area contributed by atoms with Gasteiger partial charge in [-0.3, -0.25) is 0 Å². The van der Waals surface area contributed by atoms with Crippen LogP contribution in [-0.2, 0) is 0 Å². The highest BCUT2D eigenvalue weighted by Crippen LogP contribution is 2.23. The molecule has 0 amide bonds. The molecule has 2 N–H and O–H groups in total. The van der Waals surface area contributed by atoms with Crippen molar-refractivity contribution in [3.63, 3.8) is 0 Å². The third kappa shape index (κ3) is 3.85. The van der Waals surface area contributed by atoms with Gasteiger partial charge in [-0.25, -0.2) is 0 Å². The van der Waals surface area contributed by atoms with Crippen LogP contribution in [0.2, 0.25) is 5.02 Å². The van der Waals surface area contributed by atoms with E-state index in [0.717, 1.165) is 22.1 Å². The number of halogens is 1. The highest BCUT2D eigenvalue weighted by molar-refractivity contribution is 6.31. The summed E-state index contributed by atoms with van der Waals surface area (Å²) in [6.07, 6.45) is 7.95. The van der Waals surface area contributed by atoms with Crippen LogP contribution >= 0.6 is 11.6 Å². The lowest BCUT2D eigenvalue weighted by Gasteiger charge is -2.23. The molecule has 0 aliphatic heterocycles. The van der Waals surface area contributed by atoms with Gasteiger partial charge in [0.05, 0.1) is 6.20 Å². The van der Waals surface area contributed by atoms with Crippen molar-refractivity contribution < 1.29 is 0 Å². The van der Waals surface area contributed by atoms with E-state index in [2.05, 4.69) is 25.8 Å². The number of rotatable bonds is 4. The SMILES string of the molecule is Cc1ccc(Nc2nncc(NC3CCCCC3)n2)cc1Cl. The molecule has 22 heavy (non-hydrogen) atoms. The monoisotopic (exact) mass is 317 g/mol. The van der Waals surface area contributed by atoms with Crippen LogP contribution in [0.1, 0.15) is 37.7 Å². The standard InChI is InChI=1S/C16H20ClN5/c1-11-7-8-13(9-14(11)17)20-16-21-15(10-18-22-16)19-12-5-3-2-4-6-12/h7-10,12H,2-6H2,1H3,(H2,19,20,21,22). The minimum Gasteiger partial charge on any atom is -0.366 e. The quantitative estimate of drug-likeness (QED) is 0.879. The highest BCUT2D eigenvalue weighted by atomic mass is 35.5. The fourth-order valence-corrected chi connectivity index (χ4v) is 2.86. The number of nitrogens with zero attached hydrogens (tertiary/aromatic N) is 3. The number of aromatic nitrogens is 3. The molecule has 1 aromatic heterocycles. The van der Waals surface area contributed by atoms with E-state index < -0.39 is 0 Å².